The number of nitrogens with one attached hydrogen (secondary N) is 3. The van der Waals surface area contributed by atoms with Crippen molar-refractivity contribution >= 4 is 62.7 Å². The first-order valence-corrected chi connectivity index (χ1v) is 10.6. The van der Waals surface area contributed by atoms with Crippen LogP contribution in [0.2, 0.25) is 0 Å². The van der Waals surface area contributed by atoms with E-state index in [4.69, 9.17) is 21.7 Å². The van der Waals surface area contributed by atoms with E-state index >= 15 is 0 Å². The number of halogens is 1. The number of benzene rings is 2. The van der Waals surface area contributed by atoms with Crippen LogP contribution in [0.4, 0.5) is 5.69 Å². The first kappa shape index (κ1) is 23.4. The fourth-order valence-electron chi connectivity index (χ4n) is 3.01. The molecular weight excluding hydrogens is 498 g/mol. The van der Waals surface area contributed by atoms with Crippen LogP contribution in [0.3, 0.4) is 0 Å². The van der Waals surface area contributed by atoms with E-state index in [2.05, 4.69) is 31.9 Å². The van der Waals surface area contributed by atoms with Crippen LogP contribution in [-0.2, 0) is 14.4 Å². The smallest absolute Gasteiger partial charge is 0.263 e. The van der Waals surface area contributed by atoms with Crippen LogP contribution >= 0.6 is 28.1 Å². The van der Waals surface area contributed by atoms with Crippen molar-refractivity contribution in [3.63, 3.8) is 0 Å². The number of hydrogen-bond donors (Lipinski definition) is 3. The van der Waals surface area contributed by atoms with Gasteiger partial charge in [-0.15, -0.1) is 0 Å². The Morgan fingerprint density at radius 3 is 2.47 bits per heavy atom. The summed E-state index contributed by atoms with van der Waals surface area (Å²) in [5.74, 6) is -0.903. The van der Waals surface area contributed by atoms with Crippen LogP contribution in [0.1, 0.15) is 16.7 Å². The van der Waals surface area contributed by atoms with Gasteiger partial charge in [0, 0.05) is 5.69 Å². The van der Waals surface area contributed by atoms with Crippen molar-refractivity contribution < 1.29 is 23.9 Å². The first-order chi connectivity index (χ1) is 15.2. The highest BCUT2D eigenvalue weighted by Gasteiger charge is 2.26. The summed E-state index contributed by atoms with van der Waals surface area (Å²) >= 11 is 8.18. The molecule has 2 aromatic carbocycles. The second-order valence-corrected chi connectivity index (χ2v) is 8.25. The average molecular weight is 518 g/mol. The molecule has 1 heterocycles. The van der Waals surface area contributed by atoms with Crippen molar-refractivity contribution in [3.8, 4) is 11.5 Å². The largest absolute Gasteiger partial charge is 0.493 e. The van der Waals surface area contributed by atoms with Gasteiger partial charge in [0.2, 0.25) is 0 Å². The summed E-state index contributed by atoms with van der Waals surface area (Å²) < 4.78 is 11.5. The van der Waals surface area contributed by atoms with Gasteiger partial charge in [-0.2, -0.15) is 0 Å². The van der Waals surface area contributed by atoms with Crippen LogP contribution < -0.4 is 25.4 Å². The van der Waals surface area contributed by atoms with Crippen LogP contribution in [0.25, 0.3) is 6.08 Å². The fraction of sp³-hybridized carbons (Fsp3) is 0.182. The zero-order valence-electron chi connectivity index (χ0n) is 17.5. The van der Waals surface area contributed by atoms with E-state index in [-0.39, 0.29) is 23.2 Å². The molecule has 10 heteroatoms. The third-order valence-electron chi connectivity index (χ3n) is 4.51. The summed E-state index contributed by atoms with van der Waals surface area (Å²) in [5.41, 5.74) is 3.17. The number of amides is 3. The van der Waals surface area contributed by atoms with E-state index in [1.807, 2.05) is 32.0 Å². The maximum absolute atomic E-state index is 12.4. The molecule has 0 atom stereocenters. The van der Waals surface area contributed by atoms with Crippen LogP contribution in [0, 0.1) is 13.8 Å². The minimum Gasteiger partial charge on any atom is -0.493 e. The van der Waals surface area contributed by atoms with Gasteiger partial charge >= 0.3 is 0 Å². The lowest BCUT2D eigenvalue weighted by molar-refractivity contribution is -0.123. The SMILES string of the molecule is COc1cc(C=C2C(=O)NC(=S)NC2=O)cc(Br)c1OCC(=O)Nc1ccc(C)cc1C. The molecule has 0 aliphatic carbocycles. The maximum Gasteiger partial charge on any atom is 0.263 e. The molecule has 1 aliphatic heterocycles. The molecule has 0 radical (unpaired) electrons. The second kappa shape index (κ2) is 9.92. The number of rotatable bonds is 6. The second-order valence-electron chi connectivity index (χ2n) is 6.98. The van der Waals surface area contributed by atoms with Gasteiger partial charge in [-0.3, -0.25) is 25.0 Å². The molecule has 32 heavy (non-hydrogen) atoms. The number of thiocarbonyl (C=S) groups is 1. The number of carbonyl (C=O) groups excluding carboxylic acids is 3. The molecule has 3 rings (SSSR count). The number of methoxy groups -OCH3 is 1. The van der Waals surface area contributed by atoms with Crippen molar-refractivity contribution in [2.75, 3.05) is 19.0 Å². The van der Waals surface area contributed by atoms with Gasteiger partial charge in [0.05, 0.1) is 11.6 Å². The monoisotopic (exact) mass is 517 g/mol. The Morgan fingerprint density at radius 1 is 1.16 bits per heavy atom. The lowest BCUT2D eigenvalue weighted by Gasteiger charge is -2.17. The predicted octanol–water partition coefficient (Wildman–Crippen LogP) is 3.01. The topological polar surface area (TPSA) is 106 Å². The van der Waals surface area contributed by atoms with E-state index in [9.17, 15) is 14.4 Å². The molecule has 8 nitrogen and oxygen atoms in total. The number of hydrogen-bond acceptors (Lipinski definition) is 6. The normalized spacial score (nSPS) is 13.2. The summed E-state index contributed by atoms with van der Waals surface area (Å²) in [4.78, 5) is 36.5. The maximum atomic E-state index is 12.4. The van der Waals surface area contributed by atoms with Crippen molar-refractivity contribution in [3.05, 3.63) is 57.1 Å². The van der Waals surface area contributed by atoms with Crippen molar-refractivity contribution in [1.29, 1.82) is 0 Å². The highest BCUT2D eigenvalue weighted by Crippen LogP contribution is 2.37. The zero-order valence-corrected chi connectivity index (χ0v) is 19.9. The molecule has 166 valence electrons. The number of carbonyl (C=O) groups is 3. The zero-order chi connectivity index (χ0) is 23.4. The van der Waals surface area contributed by atoms with Gasteiger partial charge < -0.3 is 14.8 Å². The summed E-state index contributed by atoms with van der Waals surface area (Å²) in [6.07, 6.45) is 1.40. The molecule has 3 amide bonds. The van der Waals surface area contributed by atoms with Gasteiger partial charge in [-0.25, -0.2) is 0 Å². The molecule has 1 saturated heterocycles. The molecule has 0 bridgehead atoms. The summed E-state index contributed by atoms with van der Waals surface area (Å²) in [5, 5.41) is 7.52. The molecule has 0 aromatic heterocycles. The average Bonchev–Trinajstić information content (AvgIpc) is 2.71. The highest BCUT2D eigenvalue weighted by molar-refractivity contribution is 9.10. The molecule has 2 aromatic rings. The minimum absolute atomic E-state index is 0.0428. The molecule has 0 unspecified atom stereocenters. The highest BCUT2D eigenvalue weighted by atomic mass is 79.9. The Balaban J connectivity index is 1.76. The molecule has 0 spiro atoms. The van der Waals surface area contributed by atoms with Crippen molar-refractivity contribution in [2.24, 2.45) is 0 Å². The van der Waals surface area contributed by atoms with E-state index in [1.54, 1.807) is 12.1 Å². The third-order valence-corrected chi connectivity index (χ3v) is 5.30. The Labute approximate surface area is 198 Å². The molecular formula is C22H20BrN3O5S. The molecule has 3 N–H and O–H groups in total. The lowest BCUT2D eigenvalue weighted by Crippen LogP contribution is -2.51. The summed E-state index contributed by atoms with van der Waals surface area (Å²) in [6, 6.07) is 8.95. The van der Waals surface area contributed by atoms with E-state index in [0.717, 1.165) is 11.1 Å². The van der Waals surface area contributed by atoms with Gasteiger partial charge in [0.25, 0.3) is 17.7 Å². The van der Waals surface area contributed by atoms with Crippen LogP contribution in [0.15, 0.2) is 40.4 Å². The number of aryl methyl sites for hydroxylation is 2. The Morgan fingerprint density at radius 2 is 1.84 bits per heavy atom. The Bertz CT molecular complexity index is 1140. The van der Waals surface area contributed by atoms with Gasteiger partial charge in [0.15, 0.2) is 23.2 Å². The van der Waals surface area contributed by atoms with Gasteiger partial charge in [-0.05, 0) is 77.4 Å². The van der Waals surface area contributed by atoms with Crippen molar-refractivity contribution in [1.82, 2.24) is 10.6 Å². The van der Waals surface area contributed by atoms with E-state index < -0.39 is 11.8 Å². The third kappa shape index (κ3) is 5.51. The number of anilines is 1. The molecule has 0 saturated carbocycles. The van der Waals surface area contributed by atoms with Gasteiger partial charge in [-0.1, -0.05) is 17.7 Å². The Hall–Kier alpha value is -3.24. The lowest BCUT2D eigenvalue weighted by atomic mass is 10.1. The summed E-state index contributed by atoms with van der Waals surface area (Å²) in [6.45, 7) is 3.65. The Kier molecular flexibility index (Phi) is 7.26. The quantitative estimate of drug-likeness (QED) is 0.309. The van der Waals surface area contributed by atoms with E-state index in [1.165, 1.54) is 13.2 Å². The van der Waals surface area contributed by atoms with Gasteiger partial charge in [0.1, 0.15) is 5.57 Å². The van der Waals surface area contributed by atoms with E-state index in [0.29, 0.717) is 27.2 Å². The molecule has 1 aliphatic rings. The van der Waals surface area contributed by atoms with Crippen molar-refractivity contribution in [2.45, 2.75) is 13.8 Å². The number of ether oxygens (including phenoxy) is 2. The fourth-order valence-corrected chi connectivity index (χ4v) is 3.77. The molecule has 1 fully saturated rings. The van der Waals surface area contributed by atoms with Crippen LogP contribution in [0.5, 0.6) is 11.5 Å². The standard InChI is InChI=1S/C22H20BrN3O5S/c1-11-4-5-16(12(2)6-11)24-18(27)10-31-19-15(23)8-13(9-17(19)30-3)7-14-20(28)25-22(32)26-21(14)29/h4-9H,10H2,1-3H3,(H,24,27)(H2,25,26,28,29,32). The minimum atomic E-state index is -0.600. The predicted molar refractivity (Wildman–Crippen MR) is 128 cm³/mol. The first-order valence-electron chi connectivity index (χ1n) is 9.43. The van der Waals surface area contributed by atoms with Crippen LogP contribution in [-0.4, -0.2) is 36.6 Å². The summed E-state index contributed by atoms with van der Waals surface area (Å²) in [7, 11) is 1.44.